The number of primary amides is 2. The van der Waals surface area contributed by atoms with Gasteiger partial charge in [0, 0.05) is 0 Å². The highest BCUT2D eigenvalue weighted by Crippen LogP contribution is 1.96. The maximum Gasteiger partial charge on any atom is 0.234 e. The van der Waals surface area contributed by atoms with Crippen molar-refractivity contribution in [3.8, 4) is 0 Å². The minimum Gasteiger partial charge on any atom is -0.368 e. The molecule has 0 fully saturated rings. The van der Waals surface area contributed by atoms with Gasteiger partial charge in [-0.25, -0.2) is 0 Å². The molecular weight excluding hydrogens is 170 g/mol. The van der Waals surface area contributed by atoms with E-state index in [-0.39, 0.29) is 0 Å². The third-order valence-corrected chi connectivity index (χ3v) is 1.91. The molecule has 0 saturated heterocycles. The lowest BCUT2D eigenvalue weighted by atomic mass is 10.1. The van der Waals surface area contributed by atoms with Crippen molar-refractivity contribution in [2.75, 3.05) is 0 Å². The van der Waals surface area contributed by atoms with Gasteiger partial charge in [0.05, 0.1) is 12.1 Å². The predicted octanol–water partition coefficient (Wildman–Crippen LogP) is -0.896. The van der Waals surface area contributed by atoms with Crippen molar-refractivity contribution in [2.45, 2.75) is 38.8 Å². The van der Waals surface area contributed by atoms with Gasteiger partial charge < -0.3 is 11.5 Å². The van der Waals surface area contributed by atoms with Crippen LogP contribution in [0.5, 0.6) is 0 Å². The lowest BCUT2D eigenvalue weighted by Crippen LogP contribution is -2.50. The van der Waals surface area contributed by atoms with Crippen molar-refractivity contribution >= 4 is 11.8 Å². The molecule has 0 heterocycles. The molecule has 13 heavy (non-hydrogen) atoms. The standard InChI is InChI=1S/C8H17N3O2/c1-3-5(7(9)12)11-6(4-2)8(10)13/h5-6,11H,3-4H2,1-2H3,(H2,9,12)(H2,10,13). The Balaban J connectivity index is 4.19. The number of nitrogens with two attached hydrogens (primary N) is 2. The fraction of sp³-hybridized carbons (Fsp3) is 0.750. The van der Waals surface area contributed by atoms with Crippen LogP contribution < -0.4 is 16.8 Å². The van der Waals surface area contributed by atoms with Crippen molar-refractivity contribution in [1.82, 2.24) is 5.32 Å². The van der Waals surface area contributed by atoms with E-state index in [1.807, 2.05) is 13.8 Å². The first kappa shape index (κ1) is 11.9. The van der Waals surface area contributed by atoms with Crippen LogP contribution in [0.15, 0.2) is 0 Å². The van der Waals surface area contributed by atoms with Crippen LogP contribution in [0.4, 0.5) is 0 Å². The van der Waals surface area contributed by atoms with Crippen LogP contribution in [-0.4, -0.2) is 23.9 Å². The van der Waals surface area contributed by atoms with Gasteiger partial charge in [-0.1, -0.05) is 13.8 Å². The number of nitrogens with one attached hydrogen (secondary N) is 1. The molecule has 0 rings (SSSR count). The minimum atomic E-state index is -0.475. The van der Waals surface area contributed by atoms with Crippen molar-refractivity contribution < 1.29 is 9.59 Å². The van der Waals surface area contributed by atoms with E-state index in [2.05, 4.69) is 5.32 Å². The van der Waals surface area contributed by atoms with Crippen molar-refractivity contribution in [3.05, 3.63) is 0 Å². The third-order valence-electron chi connectivity index (χ3n) is 1.91. The first-order chi connectivity index (χ1) is 6.02. The number of amides is 2. The normalized spacial score (nSPS) is 14.9. The lowest BCUT2D eigenvalue weighted by Gasteiger charge is -2.19. The van der Waals surface area contributed by atoms with Crippen LogP contribution in [0.25, 0.3) is 0 Å². The second-order valence-corrected chi connectivity index (χ2v) is 2.89. The summed E-state index contributed by atoms with van der Waals surface area (Å²) < 4.78 is 0. The van der Waals surface area contributed by atoms with E-state index in [1.54, 1.807) is 0 Å². The molecule has 0 bridgehead atoms. The molecule has 5 nitrogen and oxygen atoms in total. The summed E-state index contributed by atoms with van der Waals surface area (Å²) in [7, 11) is 0. The second kappa shape index (κ2) is 5.53. The fourth-order valence-corrected chi connectivity index (χ4v) is 1.05. The van der Waals surface area contributed by atoms with Gasteiger partial charge in [0.1, 0.15) is 0 Å². The Bertz CT molecular complexity index is 174. The summed E-state index contributed by atoms with van der Waals surface area (Å²) in [6, 6.07) is -0.949. The van der Waals surface area contributed by atoms with Crippen LogP contribution in [-0.2, 0) is 9.59 Å². The summed E-state index contributed by atoms with van der Waals surface area (Å²) in [6.07, 6.45) is 1.11. The van der Waals surface area contributed by atoms with Gasteiger partial charge in [-0.05, 0) is 12.8 Å². The van der Waals surface area contributed by atoms with E-state index < -0.39 is 23.9 Å². The molecule has 5 N–H and O–H groups in total. The van der Waals surface area contributed by atoms with Gasteiger partial charge in [0.15, 0.2) is 0 Å². The summed E-state index contributed by atoms with van der Waals surface area (Å²) in [5.41, 5.74) is 10.2. The van der Waals surface area contributed by atoms with Crippen molar-refractivity contribution in [2.24, 2.45) is 11.5 Å². The molecule has 0 saturated carbocycles. The Morgan fingerprint density at radius 3 is 1.54 bits per heavy atom. The summed E-state index contributed by atoms with van der Waals surface area (Å²) in [5, 5.41) is 2.80. The number of hydrogen-bond acceptors (Lipinski definition) is 3. The Hall–Kier alpha value is -1.10. The van der Waals surface area contributed by atoms with Crippen LogP contribution >= 0.6 is 0 Å². The molecular formula is C8H17N3O2. The minimum absolute atomic E-state index is 0.456. The van der Waals surface area contributed by atoms with Gasteiger partial charge in [0.2, 0.25) is 11.8 Å². The molecule has 0 radical (unpaired) electrons. The molecule has 0 aromatic heterocycles. The maximum absolute atomic E-state index is 10.8. The molecule has 0 aliphatic rings. The zero-order chi connectivity index (χ0) is 10.4. The zero-order valence-electron chi connectivity index (χ0n) is 8.04. The summed E-state index contributed by atoms with van der Waals surface area (Å²) >= 11 is 0. The number of hydrogen-bond donors (Lipinski definition) is 3. The largest absolute Gasteiger partial charge is 0.368 e. The maximum atomic E-state index is 10.8. The van der Waals surface area contributed by atoms with E-state index in [1.165, 1.54) is 0 Å². The van der Waals surface area contributed by atoms with E-state index >= 15 is 0 Å². The smallest absolute Gasteiger partial charge is 0.234 e. The average Bonchev–Trinajstić information content (AvgIpc) is 2.05. The zero-order valence-corrected chi connectivity index (χ0v) is 8.04. The van der Waals surface area contributed by atoms with Gasteiger partial charge in [-0.3, -0.25) is 14.9 Å². The van der Waals surface area contributed by atoms with Crippen LogP contribution in [0.2, 0.25) is 0 Å². The van der Waals surface area contributed by atoms with Crippen molar-refractivity contribution in [3.63, 3.8) is 0 Å². The summed E-state index contributed by atoms with van der Waals surface area (Å²) in [4.78, 5) is 21.6. The first-order valence-electron chi connectivity index (χ1n) is 4.37. The van der Waals surface area contributed by atoms with Crippen molar-refractivity contribution in [1.29, 1.82) is 0 Å². The fourth-order valence-electron chi connectivity index (χ4n) is 1.05. The van der Waals surface area contributed by atoms with E-state index in [0.29, 0.717) is 12.8 Å². The quantitative estimate of drug-likeness (QED) is 0.502. The predicted molar refractivity (Wildman–Crippen MR) is 49.7 cm³/mol. The van der Waals surface area contributed by atoms with Gasteiger partial charge >= 0.3 is 0 Å². The molecule has 0 aliphatic heterocycles. The summed E-state index contributed by atoms with van der Waals surface area (Å²) in [5.74, 6) is -0.913. The average molecular weight is 187 g/mol. The lowest BCUT2D eigenvalue weighted by molar-refractivity contribution is -0.122. The molecule has 2 atom stereocenters. The number of rotatable bonds is 6. The highest BCUT2D eigenvalue weighted by molar-refractivity contribution is 5.83. The Labute approximate surface area is 77.8 Å². The Kier molecular flexibility index (Phi) is 5.06. The molecule has 0 aromatic rings. The highest BCUT2D eigenvalue weighted by atomic mass is 16.2. The number of carbonyl (C=O) groups excluding carboxylic acids is 2. The molecule has 5 heteroatoms. The highest BCUT2D eigenvalue weighted by Gasteiger charge is 2.20. The molecule has 0 aromatic carbocycles. The van der Waals surface area contributed by atoms with E-state index in [9.17, 15) is 9.59 Å². The molecule has 76 valence electrons. The van der Waals surface area contributed by atoms with Crippen LogP contribution in [0.3, 0.4) is 0 Å². The molecule has 0 aliphatic carbocycles. The molecule has 2 unspecified atom stereocenters. The topological polar surface area (TPSA) is 98.2 Å². The third kappa shape index (κ3) is 3.89. The van der Waals surface area contributed by atoms with Gasteiger partial charge in [-0.15, -0.1) is 0 Å². The van der Waals surface area contributed by atoms with Gasteiger partial charge in [-0.2, -0.15) is 0 Å². The van der Waals surface area contributed by atoms with Gasteiger partial charge in [0.25, 0.3) is 0 Å². The molecule has 2 amide bonds. The first-order valence-corrected chi connectivity index (χ1v) is 4.37. The number of carbonyl (C=O) groups is 2. The van der Waals surface area contributed by atoms with Crippen LogP contribution in [0.1, 0.15) is 26.7 Å². The monoisotopic (exact) mass is 187 g/mol. The van der Waals surface area contributed by atoms with E-state index in [4.69, 9.17) is 11.5 Å². The Morgan fingerprint density at radius 1 is 1.08 bits per heavy atom. The second-order valence-electron chi connectivity index (χ2n) is 2.89. The Morgan fingerprint density at radius 2 is 1.38 bits per heavy atom. The molecule has 0 spiro atoms. The van der Waals surface area contributed by atoms with Crippen LogP contribution in [0, 0.1) is 0 Å². The SMILES string of the molecule is CCC(NC(CC)C(N)=O)C(N)=O. The summed E-state index contributed by atoms with van der Waals surface area (Å²) in [6.45, 7) is 3.63. The van der Waals surface area contributed by atoms with E-state index in [0.717, 1.165) is 0 Å².